The second-order valence-electron chi connectivity index (χ2n) is 5.58. The SMILES string of the molecule is O=C(O)[C@@H](c1cnn(Cc2ccccc2)c1)N1CCC(F)C1. The van der Waals surface area contributed by atoms with Gasteiger partial charge in [-0.1, -0.05) is 30.3 Å². The molecule has 116 valence electrons. The van der Waals surface area contributed by atoms with Crippen molar-refractivity contribution in [2.24, 2.45) is 0 Å². The van der Waals surface area contributed by atoms with Crippen LogP contribution >= 0.6 is 0 Å². The number of carboxylic acids is 1. The van der Waals surface area contributed by atoms with Crippen LogP contribution < -0.4 is 0 Å². The van der Waals surface area contributed by atoms with Crippen LogP contribution in [0.3, 0.4) is 0 Å². The van der Waals surface area contributed by atoms with Gasteiger partial charge in [0.25, 0.3) is 0 Å². The van der Waals surface area contributed by atoms with E-state index >= 15 is 0 Å². The van der Waals surface area contributed by atoms with E-state index in [0.29, 0.717) is 25.1 Å². The minimum Gasteiger partial charge on any atom is -0.480 e. The topological polar surface area (TPSA) is 58.4 Å². The number of carbonyl (C=O) groups is 1. The lowest BCUT2D eigenvalue weighted by Gasteiger charge is -2.22. The predicted molar refractivity (Wildman–Crippen MR) is 79.2 cm³/mol. The van der Waals surface area contributed by atoms with E-state index in [9.17, 15) is 14.3 Å². The Morgan fingerprint density at radius 1 is 1.41 bits per heavy atom. The van der Waals surface area contributed by atoms with Crippen molar-refractivity contribution in [1.29, 1.82) is 0 Å². The number of benzene rings is 1. The van der Waals surface area contributed by atoms with Crippen molar-refractivity contribution in [2.75, 3.05) is 13.1 Å². The zero-order valence-corrected chi connectivity index (χ0v) is 12.1. The molecule has 22 heavy (non-hydrogen) atoms. The normalized spacial score (nSPS) is 20.1. The number of likely N-dealkylation sites (tertiary alicyclic amines) is 1. The number of alkyl halides is 1. The molecule has 3 rings (SSSR count). The van der Waals surface area contributed by atoms with Gasteiger partial charge in [0.15, 0.2) is 0 Å². The Hall–Kier alpha value is -2.21. The third-order valence-corrected chi connectivity index (χ3v) is 3.92. The second-order valence-corrected chi connectivity index (χ2v) is 5.58. The molecule has 6 heteroatoms. The highest BCUT2D eigenvalue weighted by molar-refractivity contribution is 5.75. The van der Waals surface area contributed by atoms with Crippen LogP contribution in [0.15, 0.2) is 42.7 Å². The molecule has 2 aromatic rings. The Balaban J connectivity index is 1.77. The molecule has 0 spiro atoms. The molecule has 0 amide bonds. The summed E-state index contributed by atoms with van der Waals surface area (Å²) in [6, 6.07) is 9.00. The number of hydrogen-bond acceptors (Lipinski definition) is 3. The molecular formula is C16H18FN3O2. The van der Waals surface area contributed by atoms with E-state index in [0.717, 1.165) is 5.56 Å². The highest BCUT2D eigenvalue weighted by Crippen LogP contribution is 2.26. The van der Waals surface area contributed by atoms with E-state index in [4.69, 9.17) is 0 Å². The molecule has 1 N–H and O–H groups in total. The lowest BCUT2D eigenvalue weighted by atomic mass is 10.1. The highest BCUT2D eigenvalue weighted by Gasteiger charge is 2.34. The lowest BCUT2D eigenvalue weighted by molar-refractivity contribution is -0.143. The summed E-state index contributed by atoms with van der Waals surface area (Å²) in [6.45, 7) is 1.21. The number of nitrogens with zero attached hydrogens (tertiary/aromatic N) is 3. The maximum Gasteiger partial charge on any atom is 0.325 e. The van der Waals surface area contributed by atoms with Crippen molar-refractivity contribution in [3.8, 4) is 0 Å². The van der Waals surface area contributed by atoms with Crippen LogP contribution in [0.2, 0.25) is 0 Å². The van der Waals surface area contributed by atoms with Crippen LogP contribution in [0.4, 0.5) is 4.39 Å². The Bertz CT molecular complexity index is 644. The van der Waals surface area contributed by atoms with Gasteiger partial charge in [-0.25, -0.2) is 4.39 Å². The van der Waals surface area contributed by atoms with Crippen LogP contribution in [-0.4, -0.2) is 45.0 Å². The van der Waals surface area contributed by atoms with Crippen LogP contribution in [-0.2, 0) is 11.3 Å². The van der Waals surface area contributed by atoms with Gasteiger partial charge in [-0.3, -0.25) is 14.4 Å². The summed E-state index contributed by atoms with van der Waals surface area (Å²) in [5.74, 6) is -0.964. The van der Waals surface area contributed by atoms with Crippen LogP contribution in [0.1, 0.15) is 23.6 Å². The first-order chi connectivity index (χ1) is 10.6. The van der Waals surface area contributed by atoms with Gasteiger partial charge >= 0.3 is 5.97 Å². The first-order valence-corrected chi connectivity index (χ1v) is 7.30. The van der Waals surface area contributed by atoms with E-state index < -0.39 is 18.2 Å². The zero-order chi connectivity index (χ0) is 15.5. The number of halogens is 1. The van der Waals surface area contributed by atoms with Gasteiger partial charge < -0.3 is 5.11 Å². The van der Waals surface area contributed by atoms with E-state index in [-0.39, 0.29) is 6.54 Å². The van der Waals surface area contributed by atoms with Crippen LogP contribution in [0.5, 0.6) is 0 Å². The Labute approximate surface area is 128 Å². The van der Waals surface area contributed by atoms with Gasteiger partial charge in [0.1, 0.15) is 12.2 Å². The molecule has 1 aliphatic rings. The number of aromatic nitrogens is 2. The molecule has 1 saturated heterocycles. The smallest absolute Gasteiger partial charge is 0.325 e. The molecule has 1 aromatic carbocycles. The van der Waals surface area contributed by atoms with E-state index in [1.807, 2.05) is 30.3 Å². The minimum absolute atomic E-state index is 0.167. The lowest BCUT2D eigenvalue weighted by Crippen LogP contribution is -2.32. The number of carboxylic acid groups (broad SMARTS) is 1. The monoisotopic (exact) mass is 303 g/mol. The average Bonchev–Trinajstić information content (AvgIpc) is 3.10. The molecule has 1 fully saturated rings. The highest BCUT2D eigenvalue weighted by atomic mass is 19.1. The third-order valence-electron chi connectivity index (χ3n) is 3.92. The van der Waals surface area contributed by atoms with Gasteiger partial charge in [-0.2, -0.15) is 5.10 Å². The molecular weight excluding hydrogens is 285 g/mol. The summed E-state index contributed by atoms with van der Waals surface area (Å²) in [4.78, 5) is 13.2. The fraction of sp³-hybridized carbons (Fsp3) is 0.375. The van der Waals surface area contributed by atoms with Crippen molar-refractivity contribution >= 4 is 5.97 Å². The fourth-order valence-electron chi connectivity index (χ4n) is 2.86. The van der Waals surface area contributed by atoms with Crippen molar-refractivity contribution < 1.29 is 14.3 Å². The summed E-state index contributed by atoms with van der Waals surface area (Å²) < 4.78 is 15.1. The molecule has 5 nitrogen and oxygen atoms in total. The molecule has 0 radical (unpaired) electrons. The zero-order valence-electron chi connectivity index (χ0n) is 12.1. The average molecular weight is 303 g/mol. The molecule has 0 bridgehead atoms. The molecule has 1 aliphatic heterocycles. The van der Waals surface area contributed by atoms with E-state index in [2.05, 4.69) is 5.10 Å². The maximum absolute atomic E-state index is 13.4. The molecule has 0 aliphatic carbocycles. The number of aliphatic carboxylic acids is 1. The van der Waals surface area contributed by atoms with Gasteiger partial charge in [-0.05, 0) is 12.0 Å². The summed E-state index contributed by atoms with van der Waals surface area (Å²) in [5, 5.41) is 13.7. The van der Waals surface area contributed by atoms with E-state index in [1.165, 1.54) is 0 Å². The van der Waals surface area contributed by atoms with Crippen LogP contribution in [0, 0.1) is 0 Å². The minimum atomic E-state index is -0.964. The Kier molecular flexibility index (Phi) is 4.20. The van der Waals surface area contributed by atoms with Crippen molar-refractivity contribution in [2.45, 2.75) is 25.2 Å². The van der Waals surface area contributed by atoms with Gasteiger partial charge in [-0.15, -0.1) is 0 Å². The van der Waals surface area contributed by atoms with Gasteiger partial charge in [0.2, 0.25) is 0 Å². The number of rotatable bonds is 5. The maximum atomic E-state index is 13.4. The molecule has 1 unspecified atom stereocenters. The molecule has 2 heterocycles. The summed E-state index contributed by atoms with van der Waals surface area (Å²) in [6.07, 6.45) is 2.74. The second kappa shape index (κ2) is 6.27. The Morgan fingerprint density at radius 2 is 2.18 bits per heavy atom. The number of hydrogen-bond donors (Lipinski definition) is 1. The summed E-state index contributed by atoms with van der Waals surface area (Å²) in [7, 11) is 0. The predicted octanol–water partition coefficient (Wildman–Crippen LogP) is 2.10. The van der Waals surface area contributed by atoms with Crippen molar-refractivity contribution in [3.05, 3.63) is 53.9 Å². The quantitative estimate of drug-likeness (QED) is 0.919. The largest absolute Gasteiger partial charge is 0.480 e. The first-order valence-electron chi connectivity index (χ1n) is 7.30. The summed E-state index contributed by atoms with van der Waals surface area (Å²) in [5.41, 5.74) is 1.69. The first kappa shape index (κ1) is 14.7. The van der Waals surface area contributed by atoms with Crippen LogP contribution in [0.25, 0.3) is 0 Å². The fourth-order valence-corrected chi connectivity index (χ4v) is 2.86. The van der Waals surface area contributed by atoms with Gasteiger partial charge in [0, 0.05) is 24.8 Å². The van der Waals surface area contributed by atoms with Crippen molar-refractivity contribution in [1.82, 2.24) is 14.7 Å². The molecule has 1 aromatic heterocycles. The van der Waals surface area contributed by atoms with E-state index in [1.54, 1.807) is 22.0 Å². The molecule has 2 atom stereocenters. The van der Waals surface area contributed by atoms with Gasteiger partial charge in [0.05, 0.1) is 12.7 Å². The van der Waals surface area contributed by atoms with Crippen molar-refractivity contribution in [3.63, 3.8) is 0 Å². The third kappa shape index (κ3) is 3.17. The summed E-state index contributed by atoms with van der Waals surface area (Å²) >= 11 is 0. The molecule has 0 saturated carbocycles. The Morgan fingerprint density at radius 3 is 2.82 bits per heavy atom. The standard InChI is InChI=1S/C16H18FN3O2/c17-14-6-7-19(11-14)15(16(21)22)13-8-18-20(10-13)9-12-4-2-1-3-5-12/h1-5,8,10,14-15H,6-7,9,11H2,(H,21,22)/t14?,15-/m1/s1.